The van der Waals surface area contributed by atoms with Gasteiger partial charge in [0, 0.05) is 6.54 Å². The molecule has 2 rings (SSSR count). The van der Waals surface area contributed by atoms with Crippen LogP contribution in [0.3, 0.4) is 0 Å². The summed E-state index contributed by atoms with van der Waals surface area (Å²) in [7, 11) is 0. The van der Waals surface area contributed by atoms with E-state index in [4.69, 9.17) is 5.73 Å². The van der Waals surface area contributed by atoms with Gasteiger partial charge in [-0.25, -0.2) is 0 Å². The SMILES string of the molecule is C=C(CN)CC(C)CC(=C)CCC/C=C\C[C@H]1CCCC1CCCCCc1ccccc1. The van der Waals surface area contributed by atoms with Gasteiger partial charge >= 0.3 is 0 Å². The van der Waals surface area contributed by atoms with E-state index in [0.29, 0.717) is 12.5 Å². The van der Waals surface area contributed by atoms with Crippen LogP contribution in [0.4, 0.5) is 0 Å². The molecule has 2 unspecified atom stereocenters. The van der Waals surface area contributed by atoms with Crippen molar-refractivity contribution in [3.63, 3.8) is 0 Å². The molecule has 1 aliphatic carbocycles. The second-order valence-corrected chi connectivity index (χ2v) is 10.4. The Labute approximate surface area is 199 Å². The van der Waals surface area contributed by atoms with Crippen LogP contribution in [0.2, 0.25) is 0 Å². The molecule has 0 radical (unpaired) electrons. The van der Waals surface area contributed by atoms with Crippen LogP contribution in [-0.4, -0.2) is 6.54 Å². The van der Waals surface area contributed by atoms with Crippen molar-refractivity contribution in [2.75, 3.05) is 6.54 Å². The Bertz CT molecular complexity index is 671. The van der Waals surface area contributed by atoms with Gasteiger partial charge in [0.1, 0.15) is 0 Å². The largest absolute Gasteiger partial charge is 0.327 e. The summed E-state index contributed by atoms with van der Waals surface area (Å²) in [5.41, 5.74) is 9.70. The van der Waals surface area contributed by atoms with Crippen LogP contribution in [-0.2, 0) is 6.42 Å². The highest BCUT2D eigenvalue weighted by Gasteiger charge is 2.25. The molecule has 1 aliphatic rings. The number of hydrogen-bond acceptors (Lipinski definition) is 1. The zero-order chi connectivity index (χ0) is 23.0. The van der Waals surface area contributed by atoms with Crippen molar-refractivity contribution in [1.82, 2.24) is 0 Å². The monoisotopic (exact) mass is 435 g/mol. The molecule has 1 saturated carbocycles. The second-order valence-electron chi connectivity index (χ2n) is 10.4. The molecule has 1 aromatic rings. The topological polar surface area (TPSA) is 26.0 Å². The van der Waals surface area contributed by atoms with Gasteiger partial charge in [-0.15, -0.1) is 0 Å². The highest BCUT2D eigenvalue weighted by molar-refractivity contribution is 5.14. The molecule has 32 heavy (non-hydrogen) atoms. The summed E-state index contributed by atoms with van der Waals surface area (Å²) in [4.78, 5) is 0. The van der Waals surface area contributed by atoms with E-state index in [9.17, 15) is 0 Å². The standard InChI is InChI=1S/C31H49N/c1-26(23-27(2)24-28(3)25-32)15-8-4-5-12-19-30-21-14-22-31(30)20-13-7-11-18-29-16-9-6-10-17-29/h5-6,9-10,12,16-17,27,30-31H,1,3-4,7-8,11,13-15,18-25,32H2,2H3/b12-5-/t27?,30-,31?/m0/s1. The molecule has 3 atom stereocenters. The molecule has 0 amide bonds. The van der Waals surface area contributed by atoms with Crippen LogP contribution in [0.5, 0.6) is 0 Å². The Morgan fingerprint density at radius 2 is 1.72 bits per heavy atom. The van der Waals surface area contributed by atoms with Crippen molar-refractivity contribution in [2.24, 2.45) is 23.5 Å². The second kappa shape index (κ2) is 16.1. The summed E-state index contributed by atoms with van der Waals surface area (Å²) in [5, 5.41) is 0. The summed E-state index contributed by atoms with van der Waals surface area (Å²) in [5.74, 6) is 2.53. The van der Waals surface area contributed by atoms with Crippen LogP contribution < -0.4 is 5.73 Å². The molecule has 0 bridgehead atoms. The first-order valence-electron chi connectivity index (χ1n) is 13.3. The number of aryl methyl sites for hydroxylation is 1. The molecule has 1 aromatic carbocycles. The minimum atomic E-state index is 0.609. The van der Waals surface area contributed by atoms with Gasteiger partial charge in [0.15, 0.2) is 0 Å². The van der Waals surface area contributed by atoms with Gasteiger partial charge in [-0.1, -0.05) is 106 Å². The van der Waals surface area contributed by atoms with E-state index < -0.39 is 0 Å². The molecule has 1 nitrogen and oxygen atoms in total. The lowest BCUT2D eigenvalue weighted by atomic mass is 9.88. The molecule has 2 N–H and O–H groups in total. The van der Waals surface area contributed by atoms with E-state index in [1.807, 2.05) is 0 Å². The third-order valence-electron chi connectivity index (χ3n) is 7.27. The van der Waals surface area contributed by atoms with Gasteiger partial charge in [0.2, 0.25) is 0 Å². The van der Waals surface area contributed by atoms with Crippen molar-refractivity contribution < 1.29 is 0 Å². The van der Waals surface area contributed by atoms with Gasteiger partial charge in [-0.3, -0.25) is 0 Å². The number of nitrogens with two attached hydrogens (primary N) is 1. The number of unbranched alkanes of at least 4 members (excludes halogenated alkanes) is 3. The Kier molecular flexibility index (Phi) is 13.4. The average molecular weight is 436 g/mol. The molecule has 0 aliphatic heterocycles. The fourth-order valence-corrected chi connectivity index (χ4v) is 5.46. The number of benzene rings is 1. The van der Waals surface area contributed by atoms with Gasteiger partial charge in [0.05, 0.1) is 0 Å². The van der Waals surface area contributed by atoms with E-state index in [1.165, 1.54) is 81.8 Å². The smallest absolute Gasteiger partial charge is 0.0134 e. The number of allylic oxidation sites excluding steroid dienone is 3. The molecule has 0 spiro atoms. The highest BCUT2D eigenvalue weighted by atomic mass is 14.5. The molecule has 178 valence electrons. The van der Waals surface area contributed by atoms with Gasteiger partial charge in [-0.2, -0.15) is 0 Å². The minimum absolute atomic E-state index is 0.609. The lowest BCUT2D eigenvalue weighted by molar-refractivity contribution is 0.353. The predicted molar refractivity (Wildman–Crippen MR) is 143 cm³/mol. The van der Waals surface area contributed by atoms with Crippen LogP contribution in [0.25, 0.3) is 0 Å². The van der Waals surface area contributed by atoms with Crippen LogP contribution >= 0.6 is 0 Å². The molecule has 1 fully saturated rings. The van der Waals surface area contributed by atoms with E-state index in [1.54, 1.807) is 0 Å². The van der Waals surface area contributed by atoms with E-state index in [0.717, 1.165) is 36.7 Å². The molecular weight excluding hydrogens is 386 g/mol. The Balaban J connectivity index is 1.51. The minimum Gasteiger partial charge on any atom is -0.327 e. The summed E-state index contributed by atoms with van der Waals surface area (Å²) in [6.07, 6.45) is 23.1. The van der Waals surface area contributed by atoms with Crippen LogP contribution in [0, 0.1) is 17.8 Å². The first-order valence-corrected chi connectivity index (χ1v) is 13.3. The Hall–Kier alpha value is -1.60. The highest BCUT2D eigenvalue weighted by Crippen LogP contribution is 2.37. The summed E-state index contributed by atoms with van der Waals surface area (Å²) >= 11 is 0. The number of hydrogen-bond donors (Lipinski definition) is 1. The number of rotatable bonds is 17. The Morgan fingerprint density at radius 3 is 2.50 bits per heavy atom. The molecule has 1 heteroatoms. The molecule has 0 aromatic heterocycles. The van der Waals surface area contributed by atoms with Crippen molar-refractivity contribution in [2.45, 2.75) is 96.8 Å². The van der Waals surface area contributed by atoms with Crippen molar-refractivity contribution in [3.05, 3.63) is 72.4 Å². The van der Waals surface area contributed by atoms with Crippen molar-refractivity contribution in [1.29, 1.82) is 0 Å². The lowest BCUT2D eigenvalue weighted by Gasteiger charge is -2.18. The fraction of sp³-hybridized carbons (Fsp3) is 0.613. The Morgan fingerprint density at radius 1 is 0.969 bits per heavy atom. The fourth-order valence-electron chi connectivity index (χ4n) is 5.46. The average Bonchev–Trinajstić information content (AvgIpc) is 3.23. The lowest BCUT2D eigenvalue weighted by Crippen LogP contribution is -2.07. The van der Waals surface area contributed by atoms with Gasteiger partial charge < -0.3 is 5.73 Å². The van der Waals surface area contributed by atoms with E-state index in [2.05, 4.69) is 62.6 Å². The normalized spacial score (nSPS) is 19.4. The van der Waals surface area contributed by atoms with Gasteiger partial charge in [-0.05, 0) is 81.1 Å². The zero-order valence-electron chi connectivity index (χ0n) is 20.9. The summed E-state index contributed by atoms with van der Waals surface area (Å²) in [6.45, 7) is 11.2. The first kappa shape index (κ1) is 26.7. The van der Waals surface area contributed by atoms with Crippen LogP contribution in [0.1, 0.15) is 96.0 Å². The third kappa shape index (κ3) is 11.3. The maximum absolute atomic E-state index is 5.66. The van der Waals surface area contributed by atoms with Crippen molar-refractivity contribution in [3.8, 4) is 0 Å². The zero-order valence-corrected chi connectivity index (χ0v) is 20.9. The van der Waals surface area contributed by atoms with E-state index >= 15 is 0 Å². The quantitative estimate of drug-likeness (QED) is 0.192. The molecular formula is C31H49N. The summed E-state index contributed by atoms with van der Waals surface area (Å²) < 4.78 is 0. The maximum Gasteiger partial charge on any atom is 0.0134 e. The molecule has 0 saturated heterocycles. The molecule has 0 heterocycles. The predicted octanol–water partition coefficient (Wildman–Crippen LogP) is 8.81. The van der Waals surface area contributed by atoms with Gasteiger partial charge in [0.25, 0.3) is 0 Å². The first-order chi connectivity index (χ1) is 15.6. The summed E-state index contributed by atoms with van der Waals surface area (Å²) in [6, 6.07) is 10.9. The van der Waals surface area contributed by atoms with Crippen molar-refractivity contribution >= 4 is 0 Å². The van der Waals surface area contributed by atoms with E-state index in [-0.39, 0.29) is 0 Å². The third-order valence-corrected chi connectivity index (χ3v) is 7.27. The maximum atomic E-state index is 5.66. The van der Waals surface area contributed by atoms with Crippen LogP contribution in [0.15, 0.2) is 66.8 Å².